The lowest BCUT2D eigenvalue weighted by Gasteiger charge is -2.36. The Morgan fingerprint density at radius 2 is 1.91 bits per heavy atom. The number of anilines is 4. The van der Waals surface area contributed by atoms with Gasteiger partial charge in [0.25, 0.3) is 5.91 Å². The summed E-state index contributed by atoms with van der Waals surface area (Å²) >= 11 is 0. The van der Waals surface area contributed by atoms with E-state index in [4.69, 9.17) is 10.7 Å². The molecule has 2 saturated heterocycles. The summed E-state index contributed by atoms with van der Waals surface area (Å²) in [6.07, 6.45) is 7.24. The Kier molecular flexibility index (Phi) is 4.71. The predicted molar refractivity (Wildman–Crippen MR) is 127 cm³/mol. The number of fused-ring (bicyclic) bond motifs is 1. The Labute approximate surface area is 194 Å². The number of carbonyl (C=O) groups excluding carboxylic acids is 2. The zero-order valence-corrected chi connectivity index (χ0v) is 18.4. The summed E-state index contributed by atoms with van der Waals surface area (Å²) in [6, 6.07) is 5.60. The molecule has 0 unspecified atom stereocenters. The maximum atomic E-state index is 12.0. The van der Waals surface area contributed by atoms with Gasteiger partial charge in [-0.3, -0.25) is 10.1 Å². The van der Waals surface area contributed by atoms with Gasteiger partial charge in [-0.05, 0) is 31.1 Å². The molecule has 0 atom stereocenters. The highest BCUT2D eigenvalue weighted by atomic mass is 16.2. The average Bonchev–Trinajstić information content (AvgIpc) is 3.47. The molecule has 3 aromatic rings. The van der Waals surface area contributed by atoms with Crippen LogP contribution in [0.1, 0.15) is 18.4 Å². The summed E-state index contributed by atoms with van der Waals surface area (Å²) in [6.45, 7) is 3.04. The Balaban J connectivity index is 1.31. The van der Waals surface area contributed by atoms with Crippen LogP contribution in [0.15, 0.2) is 36.3 Å². The second kappa shape index (κ2) is 7.90. The van der Waals surface area contributed by atoms with Crippen LogP contribution < -0.4 is 31.5 Å². The number of nitrogens with one attached hydrogen (secondary N) is 3. The minimum Gasteiger partial charge on any atom is -0.396 e. The number of amides is 3. The zero-order valence-electron chi connectivity index (χ0n) is 18.4. The number of aromatic nitrogens is 4. The van der Waals surface area contributed by atoms with E-state index in [1.54, 1.807) is 23.0 Å². The first-order chi connectivity index (χ1) is 16.5. The predicted octanol–water partition coefficient (Wildman–Crippen LogP) is 0.788. The summed E-state index contributed by atoms with van der Waals surface area (Å²) in [4.78, 5) is 37.2. The average molecular weight is 461 g/mol. The van der Waals surface area contributed by atoms with E-state index in [1.165, 1.54) is 0 Å². The number of imide groups is 1. The molecule has 1 aliphatic carbocycles. The highest BCUT2D eigenvalue weighted by molar-refractivity contribution is 6.14. The summed E-state index contributed by atoms with van der Waals surface area (Å²) in [5, 5.41) is 12.7. The molecule has 3 aliphatic rings. The van der Waals surface area contributed by atoms with Crippen LogP contribution in [-0.4, -0.2) is 63.7 Å². The van der Waals surface area contributed by atoms with Crippen molar-refractivity contribution in [1.82, 2.24) is 30.2 Å². The Hall–Kier alpha value is -4.35. The van der Waals surface area contributed by atoms with Gasteiger partial charge < -0.3 is 26.2 Å². The normalized spacial score (nSPS) is 19.6. The maximum absolute atomic E-state index is 12.0. The summed E-state index contributed by atoms with van der Waals surface area (Å²) in [7, 11) is 0. The van der Waals surface area contributed by atoms with Crippen molar-refractivity contribution in [2.45, 2.75) is 18.9 Å². The van der Waals surface area contributed by atoms with Gasteiger partial charge in [0.1, 0.15) is 17.3 Å². The van der Waals surface area contributed by atoms with Gasteiger partial charge in [0.05, 0.1) is 11.9 Å². The molecule has 1 saturated carbocycles. The van der Waals surface area contributed by atoms with E-state index in [-0.39, 0.29) is 5.70 Å². The van der Waals surface area contributed by atoms with Crippen LogP contribution in [0, 0.1) is 0 Å². The molecule has 0 bridgehead atoms. The van der Waals surface area contributed by atoms with E-state index in [2.05, 4.69) is 35.8 Å². The second-order valence-corrected chi connectivity index (χ2v) is 8.61. The van der Waals surface area contributed by atoms with Crippen LogP contribution in [0.4, 0.5) is 27.9 Å². The standard InChI is InChI=1S/C22H24N10O2/c23-15-2-1-5-24-20(15)31-8-6-30(7-9-31)17-11-18(26-14-3-4-14)32-19(28-17)13(12-25-32)10-16-21(33)29-22(34)27-16/h1-2,5,10-12,14,26H,3-4,6-9,23H2,(H2,27,29,33,34)/b16-10-. The molecule has 6 rings (SSSR count). The summed E-state index contributed by atoms with van der Waals surface area (Å²) in [5.41, 5.74) is 8.21. The number of pyridine rings is 1. The molecule has 0 spiro atoms. The van der Waals surface area contributed by atoms with Crippen molar-refractivity contribution in [2.75, 3.05) is 47.0 Å². The molecular weight excluding hydrogens is 436 g/mol. The number of rotatable bonds is 5. The summed E-state index contributed by atoms with van der Waals surface area (Å²) in [5.74, 6) is 2.01. The quantitative estimate of drug-likeness (QED) is 0.321. The Morgan fingerprint density at radius 3 is 2.62 bits per heavy atom. The fraction of sp³-hybridized carbons (Fsp3) is 0.318. The number of carbonyl (C=O) groups is 2. The van der Waals surface area contributed by atoms with E-state index < -0.39 is 11.9 Å². The van der Waals surface area contributed by atoms with Crippen LogP contribution in [0.3, 0.4) is 0 Å². The van der Waals surface area contributed by atoms with E-state index in [9.17, 15) is 9.59 Å². The van der Waals surface area contributed by atoms with Gasteiger partial charge in [-0.2, -0.15) is 9.61 Å². The SMILES string of the molecule is Nc1cccnc1N1CCN(c2cc(NC3CC3)n3ncc(/C=C4\NC(=O)NC4=O)c3n2)CC1. The number of piperazine rings is 1. The molecule has 3 aromatic heterocycles. The lowest BCUT2D eigenvalue weighted by molar-refractivity contribution is -0.115. The number of hydrogen-bond donors (Lipinski definition) is 4. The van der Waals surface area contributed by atoms with E-state index in [0.717, 1.165) is 56.5 Å². The van der Waals surface area contributed by atoms with Gasteiger partial charge in [0.2, 0.25) is 0 Å². The van der Waals surface area contributed by atoms with Gasteiger partial charge >= 0.3 is 6.03 Å². The maximum Gasteiger partial charge on any atom is 0.326 e. The minimum atomic E-state index is -0.538. The molecule has 174 valence electrons. The molecule has 5 heterocycles. The van der Waals surface area contributed by atoms with Crippen LogP contribution >= 0.6 is 0 Å². The van der Waals surface area contributed by atoms with Gasteiger partial charge in [-0.15, -0.1) is 0 Å². The first kappa shape index (κ1) is 20.3. The topological polar surface area (TPSA) is 146 Å². The van der Waals surface area contributed by atoms with Crippen LogP contribution in [0.25, 0.3) is 11.7 Å². The van der Waals surface area contributed by atoms with Gasteiger partial charge in [0.15, 0.2) is 11.5 Å². The highest BCUT2D eigenvalue weighted by Crippen LogP contribution is 2.29. The van der Waals surface area contributed by atoms with Crippen LogP contribution in [0.5, 0.6) is 0 Å². The van der Waals surface area contributed by atoms with Crippen molar-refractivity contribution >= 4 is 46.8 Å². The number of urea groups is 1. The van der Waals surface area contributed by atoms with E-state index in [1.807, 2.05) is 18.2 Å². The molecular formula is C22H24N10O2. The van der Waals surface area contributed by atoms with Gasteiger partial charge in [0, 0.05) is 50.0 Å². The molecule has 0 aromatic carbocycles. The lowest BCUT2D eigenvalue weighted by atomic mass is 10.2. The molecule has 3 fully saturated rings. The van der Waals surface area contributed by atoms with Gasteiger partial charge in [-0.1, -0.05) is 0 Å². The number of nitrogens with two attached hydrogens (primary N) is 1. The zero-order chi connectivity index (χ0) is 23.2. The highest BCUT2D eigenvalue weighted by Gasteiger charge is 2.27. The van der Waals surface area contributed by atoms with Crippen molar-refractivity contribution < 1.29 is 9.59 Å². The number of hydrogen-bond acceptors (Lipinski definition) is 9. The fourth-order valence-electron chi connectivity index (χ4n) is 4.23. The third-order valence-electron chi connectivity index (χ3n) is 6.15. The molecule has 0 radical (unpaired) electrons. The fourth-order valence-corrected chi connectivity index (χ4v) is 4.23. The molecule has 12 nitrogen and oxygen atoms in total. The molecule has 34 heavy (non-hydrogen) atoms. The smallest absolute Gasteiger partial charge is 0.326 e. The second-order valence-electron chi connectivity index (χ2n) is 8.61. The lowest BCUT2D eigenvalue weighted by Crippen LogP contribution is -2.47. The minimum absolute atomic E-state index is 0.172. The van der Waals surface area contributed by atoms with E-state index >= 15 is 0 Å². The molecule has 2 aliphatic heterocycles. The van der Waals surface area contributed by atoms with Crippen molar-refractivity contribution in [3.63, 3.8) is 0 Å². The first-order valence-electron chi connectivity index (χ1n) is 11.2. The molecule has 5 N–H and O–H groups in total. The Bertz CT molecular complexity index is 1320. The van der Waals surface area contributed by atoms with Crippen LogP contribution in [-0.2, 0) is 4.79 Å². The largest absolute Gasteiger partial charge is 0.396 e. The van der Waals surface area contributed by atoms with Crippen molar-refractivity contribution in [3.8, 4) is 0 Å². The number of nitrogens with zero attached hydrogens (tertiary/aromatic N) is 6. The monoisotopic (exact) mass is 460 g/mol. The van der Waals surface area contributed by atoms with Crippen LogP contribution in [0.2, 0.25) is 0 Å². The van der Waals surface area contributed by atoms with E-state index in [0.29, 0.717) is 22.9 Å². The van der Waals surface area contributed by atoms with Crippen molar-refractivity contribution in [3.05, 3.63) is 41.9 Å². The third-order valence-corrected chi connectivity index (χ3v) is 6.15. The van der Waals surface area contributed by atoms with Gasteiger partial charge in [-0.25, -0.2) is 14.8 Å². The van der Waals surface area contributed by atoms with Crippen molar-refractivity contribution in [1.29, 1.82) is 0 Å². The summed E-state index contributed by atoms with van der Waals surface area (Å²) < 4.78 is 1.74. The Morgan fingerprint density at radius 1 is 1.12 bits per heavy atom. The first-order valence-corrected chi connectivity index (χ1v) is 11.2. The number of nitrogen functional groups attached to an aromatic ring is 1. The molecule has 3 amide bonds. The van der Waals surface area contributed by atoms with Crippen molar-refractivity contribution in [2.24, 2.45) is 0 Å². The molecule has 12 heteroatoms. The third kappa shape index (κ3) is 3.72.